The third-order valence-corrected chi connectivity index (χ3v) is 4.69. The van der Waals surface area contributed by atoms with Crippen molar-refractivity contribution in [2.45, 2.75) is 56.7 Å². The van der Waals surface area contributed by atoms with Gasteiger partial charge in [0.2, 0.25) is 5.28 Å². The van der Waals surface area contributed by atoms with Crippen LogP contribution in [0.4, 0.5) is 19.0 Å². The van der Waals surface area contributed by atoms with Crippen LogP contribution in [-0.4, -0.2) is 45.0 Å². The maximum atomic E-state index is 13.7. The lowest BCUT2D eigenvalue weighted by molar-refractivity contribution is -0.00687. The molecule has 0 bridgehead atoms. The highest BCUT2D eigenvalue weighted by molar-refractivity contribution is 6.28. The van der Waals surface area contributed by atoms with Crippen molar-refractivity contribution in [3.8, 4) is 0 Å². The predicted octanol–water partition coefficient (Wildman–Crippen LogP) is 3.33. The van der Waals surface area contributed by atoms with Crippen LogP contribution in [0.15, 0.2) is 6.20 Å². The first-order chi connectivity index (χ1) is 10.2. The number of aromatic nitrogens is 2. The third kappa shape index (κ3) is 3.01. The zero-order chi connectivity index (χ0) is 16.1. The van der Waals surface area contributed by atoms with Gasteiger partial charge in [-0.1, -0.05) is 0 Å². The normalized spacial score (nSPS) is 30.1. The second-order valence-corrected chi connectivity index (χ2v) is 7.11. The number of piperidine rings is 1. The fourth-order valence-corrected chi connectivity index (χ4v) is 3.83. The van der Waals surface area contributed by atoms with Crippen molar-refractivity contribution in [1.82, 2.24) is 14.9 Å². The van der Waals surface area contributed by atoms with Crippen molar-refractivity contribution in [2.24, 2.45) is 0 Å². The molecule has 1 aromatic heterocycles. The largest absolute Gasteiger partial charge is 0.365 e. The van der Waals surface area contributed by atoms with Gasteiger partial charge in [-0.25, -0.2) is 18.2 Å². The first-order valence-electron chi connectivity index (χ1n) is 7.25. The van der Waals surface area contributed by atoms with Crippen molar-refractivity contribution in [1.29, 1.82) is 0 Å². The second-order valence-electron chi connectivity index (χ2n) is 6.77. The van der Waals surface area contributed by atoms with Gasteiger partial charge < -0.3 is 5.32 Å². The van der Waals surface area contributed by atoms with Crippen molar-refractivity contribution >= 4 is 17.4 Å². The van der Waals surface area contributed by atoms with Crippen LogP contribution < -0.4 is 5.32 Å². The average molecular weight is 335 g/mol. The first kappa shape index (κ1) is 15.8. The summed E-state index contributed by atoms with van der Waals surface area (Å²) in [5.74, 6) is -3.22. The van der Waals surface area contributed by atoms with E-state index in [2.05, 4.69) is 15.3 Å². The van der Waals surface area contributed by atoms with Crippen molar-refractivity contribution in [2.75, 3.05) is 11.9 Å². The van der Waals surface area contributed by atoms with Gasteiger partial charge in [0.1, 0.15) is 0 Å². The SMILES string of the molecule is CC1(C)CC(Nc2nc(Cl)ncc2F)CC2CC(F)(F)CN21. The average Bonchev–Trinajstić information content (AvgIpc) is 2.69. The van der Waals surface area contributed by atoms with Crippen molar-refractivity contribution in [3.63, 3.8) is 0 Å². The molecule has 4 nitrogen and oxygen atoms in total. The number of hydrogen-bond donors (Lipinski definition) is 1. The minimum atomic E-state index is -2.65. The van der Waals surface area contributed by atoms with Crippen LogP contribution in [0.3, 0.4) is 0 Å². The summed E-state index contributed by atoms with van der Waals surface area (Å²) in [6, 6.07) is -0.345. The second kappa shape index (κ2) is 5.23. The molecule has 3 rings (SSSR count). The van der Waals surface area contributed by atoms with E-state index < -0.39 is 11.7 Å². The zero-order valence-corrected chi connectivity index (χ0v) is 13.2. The summed E-state index contributed by atoms with van der Waals surface area (Å²) < 4.78 is 41.1. The van der Waals surface area contributed by atoms with E-state index in [9.17, 15) is 13.2 Å². The van der Waals surface area contributed by atoms with E-state index in [1.54, 1.807) is 0 Å². The van der Waals surface area contributed by atoms with Gasteiger partial charge in [-0.3, -0.25) is 4.90 Å². The molecule has 8 heteroatoms. The summed E-state index contributed by atoms with van der Waals surface area (Å²) >= 11 is 5.68. The summed E-state index contributed by atoms with van der Waals surface area (Å²) in [6.45, 7) is 3.68. The number of nitrogens with one attached hydrogen (secondary N) is 1. The molecule has 0 amide bonds. The molecule has 0 radical (unpaired) electrons. The molecule has 2 aliphatic rings. The number of hydrogen-bond acceptors (Lipinski definition) is 4. The Morgan fingerprint density at radius 2 is 2.09 bits per heavy atom. The molecular formula is C14H18ClF3N4. The summed E-state index contributed by atoms with van der Waals surface area (Å²) in [5.41, 5.74) is -0.381. The Hall–Kier alpha value is -1.08. The van der Waals surface area contributed by atoms with Crippen LogP contribution in [0.1, 0.15) is 33.1 Å². The lowest BCUT2D eigenvalue weighted by Crippen LogP contribution is -2.55. The van der Waals surface area contributed by atoms with E-state index in [0.717, 1.165) is 6.20 Å². The van der Waals surface area contributed by atoms with Crippen molar-refractivity contribution in [3.05, 3.63) is 17.3 Å². The molecule has 1 aromatic rings. The topological polar surface area (TPSA) is 41.1 Å². The number of anilines is 1. The van der Waals surface area contributed by atoms with Gasteiger partial charge in [0.15, 0.2) is 11.6 Å². The molecule has 2 fully saturated rings. The quantitative estimate of drug-likeness (QED) is 0.842. The van der Waals surface area contributed by atoms with Gasteiger partial charge in [-0.15, -0.1) is 0 Å². The molecule has 0 aromatic carbocycles. The fourth-order valence-electron chi connectivity index (χ4n) is 3.70. The molecule has 2 aliphatic heterocycles. The smallest absolute Gasteiger partial charge is 0.262 e. The molecule has 0 saturated carbocycles. The zero-order valence-electron chi connectivity index (χ0n) is 12.4. The Morgan fingerprint density at radius 3 is 2.82 bits per heavy atom. The highest BCUT2D eigenvalue weighted by Gasteiger charge is 2.53. The van der Waals surface area contributed by atoms with Crippen LogP contribution in [0.2, 0.25) is 5.28 Å². The highest BCUT2D eigenvalue weighted by atomic mass is 35.5. The van der Waals surface area contributed by atoms with Crippen molar-refractivity contribution < 1.29 is 13.2 Å². The number of halogens is 4. The molecule has 1 N–H and O–H groups in total. The highest BCUT2D eigenvalue weighted by Crippen LogP contribution is 2.44. The number of fused-ring (bicyclic) bond motifs is 1. The molecule has 122 valence electrons. The summed E-state index contributed by atoms with van der Waals surface area (Å²) in [5, 5.41) is 2.96. The summed E-state index contributed by atoms with van der Waals surface area (Å²) in [4.78, 5) is 9.27. The van der Waals surface area contributed by atoms with Crippen LogP contribution in [0.5, 0.6) is 0 Å². The number of nitrogens with zero attached hydrogens (tertiary/aromatic N) is 3. The maximum Gasteiger partial charge on any atom is 0.262 e. The molecule has 2 atom stereocenters. The molecule has 0 spiro atoms. The standard InChI is InChI=1S/C14H18ClF3N4/c1-13(2)4-8(3-9-5-14(17,18)7-22(9)13)20-11-10(16)6-19-12(15)21-11/h6,8-9H,3-5,7H2,1-2H3,(H,19,20,21). The predicted molar refractivity (Wildman–Crippen MR) is 77.8 cm³/mol. The van der Waals surface area contributed by atoms with Gasteiger partial charge in [0.25, 0.3) is 5.92 Å². The maximum absolute atomic E-state index is 13.7. The van der Waals surface area contributed by atoms with Gasteiger partial charge in [-0.2, -0.15) is 4.98 Å². The first-order valence-corrected chi connectivity index (χ1v) is 7.63. The molecule has 22 heavy (non-hydrogen) atoms. The van der Waals surface area contributed by atoms with Gasteiger partial charge in [-0.05, 0) is 38.3 Å². The Morgan fingerprint density at radius 1 is 1.36 bits per heavy atom. The Kier molecular flexibility index (Phi) is 3.76. The molecular weight excluding hydrogens is 317 g/mol. The van der Waals surface area contributed by atoms with Crippen LogP contribution in [0.25, 0.3) is 0 Å². The third-order valence-electron chi connectivity index (χ3n) is 4.51. The molecule has 2 saturated heterocycles. The Balaban J connectivity index is 1.78. The molecule has 2 unspecified atom stereocenters. The van der Waals surface area contributed by atoms with E-state index in [0.29, 0.717) is 12.8 Å². The molecule has 3 heterocycles. The lowest BCUT2D eigenvalue weighted by Gasteiger charge is -2.47. The van der Waals surface area contributed by atoms with Crippen LogP contribution in [-0.2, 0) is 0 Å². The number of rotatable bonds is 2. The van der Waals surface area contributed by atoms with E-state index >= 15 is 0 Å². The van der Waals surface area contributed by atoms with E-state index in [1.165, 1.54) is 0 Å². The van der Waals surface area contributed by atoms with Gasteiger partial charge in [0.05, 0.1) is 12.7 Å². The van der Waals surface area contributed by atoms with Gasteiger partial charge >= 0.3 is 0 Å². The van der Waals surface area contributed by atoms with Gasteiger partial charge in [0, 0.05) is 24.0 Å². The molecule has 0 aliphatic carbocycles. The van der Waals surface area contributed by atoms with E-state index in [-0.39, 0.29) is 41.7 Å². The summed E-state index contributed by atoms with van der Waals surface area (Å²) in [6.07, 6.45) is 2.00. The lowest BCUT2D eigenvalue weighted by atomic mass is 9.84. The van der Waals surface area contributed by atoms with E-state index in [1.807, 2.05) is 18.7 Å². The minimum absolute atomic E-state index is 0.0269. The van der Waals surface area contributed by atoms with Crippen LogP contribution >= 0.6 is 11.6 Å². The summed E-state index contributed by atoms with van der Waals surface area (Å²) in [7, 11) is 0. The van der Waals surface area contributed by atoms with E-state index in [4.69, 9.17) is 11.6 Å². The van der Waals surface area contributed by atoms with Crippen LogP contribution in [0, 0.1) is 5.82 Å². The number of alkyl halides is 2. The fraction of sp³-hybridized carbons (Fsp3) is 0.714. The minimum Gasteiger partial charge on any atom is -0.365 e. The Bertz CT molecular complexity index is 581. The monoisotopic (exact) mass is 334 g/mol. The Labute approximate surface area is 132 Å².